The van der Waals surface area contributed by atoms with Gasteiger partial charge >= 0.3 is 0 Å². The summed E-state index contributed by atoms with van der Waals surface area (Å²) in [5.74, 6) is 0.573. The molecule has 0 saturated carbocycles. The van der Waals surface area contributed by atoms with E-state index in [4.69, 9.17) is 9.84 Å². The van der Waals surface area contributed by atoms with E-state index in [1.807, 2.05) is 6.07 Å². The summed E-state index contributed by atoms with van der Waals surface area (Å²) in [7, 11) is 0. The Hall–Kier alpha value is -1.22. The van der Waals surface area contributed by atoms with Gasteiger partial charge in [-0.05, 0) is 24.1 Å². The minimum Gasteiger partial charge on any atom is -0.504 e. The molecule has 0 heterocycles. The molecule has 1 aromatic rings. The number of phenolic OH excluding ortho intramolecular Hbond substituents is 1. The summed E-state index contributed by atoms with van der Waals surface area (Å²) in [6, 6.07) is 5.36. The van der Waals surface area contributed by atoms with Crippen LogP contribution in [0.1, 0.15) is 18.9 Å². The molecule has 0 saturated heterocycles. The quantitative estimate of drug-likeness (QED) is 0.753. The average molecular weight is 196 g/mol. The summed E-state index contributed by atoms with van der Waals surface area (Å²) in [4.78, 5) is 0. The van der Waals surface area contributed by atoms with Gasteiger partial charge in [-0.3, -0.25) is 0 Å². The second-order valence-corrected chi connectivity index (χ2v) is 3.12. The van der Waals surface area contributed by atoms with Crippen molar-refractivity contribution in [2.45, 2.75) is 19.8 Å². The summed E-state index contributed by atoms with van der Waals surface area (Å²) in [6.07, 6.45) is 2.00. The largest absolute Gasteiger partial charge is 0.504 e. The van der Waals surface area contributed by atoms with Gasteiger partial charge in [-0.25, -0.2) is 0 Å². The van der Waals surface area contributed by atoms with Gasteiger partial charge in [0.25, 0.3) is 0 Å². The highest BCUT2D eigenvalue weighted by Gasteiger charge is 2.02. The van der Waals surface area contributed by atoms with Gasteiger partial charge in [0.15, 0.2) is 11.5 Å². The van der Waals surface area contributed by atoms with E-state index >= 15 is 0 Å². The molecule has 0 unspecified atom stereocenters. The maximum absolute atomic E-state index is 9.54. The van der Waals surface area contributed by atoms with Gasteiger partial charge in [0.1, 0.15) is 6.61 Å². The number of aryl methyl sites for hydroxylation is 1. The number of rotatable bonds is 5. The first kappa shape index (κ1) is 10.9. The number of phenols is 1. The van der Waals surface area contributed by atoms with Crippen molar-refractivity contribution in [3.05, 3.63) is 23.8 Å². The first-order chi connectivity index (χ1) is 6.77. The molecule has 0 aliphatic carbocycles. The second-order valence-electron chi connectivity index (χ2n) is 3.12. The Morgan fingerprint density at radius 1 is 1.36 bits per heavy atom. The van der Waals surface area contributed by atoms with Crippen LogP contribution in [-0.2, 0) is 6.42 Å². The van der Waals surface area contributed by atoms with Gasteiger partial charge in [-0.2, -0.15) is 0 Å². The third kappa shape index (κ3) is 2.92. The molecule has 14 heavy (non-hydrogen) atoms. The number of aromatic hydroxyl groups is 1. The summed E-state index contributed by atoms with van der Waals surface area (Å²) in [5, 5.41) is 18.1. The van der Waals surface area contributed by atoms with Crippen LogP contribution in [0.3, 0.4) is 0 Å². The minimum atomic E-state index is -0.0455. The number of ether oxygens (including phenoxy) is 1. The van der Waals surface area contributed by atoms with Crippen molar-refractivity contribution < 1.29 is 14.9 Å². The van der Waals surface area contributed by atoms with E-state index in [0.29, 0.717) is 5.75 Å². The van der Waals surface area contributed by atoms with Crippen molar-refractivity contribution in [2.75, 3.05) is 13.2 Å². The summed E-state index contributed by atoms with van der Waals surface area (Å²) >= 11 is 0. The van der Waals surface area contributed by atoms with E-state index in [9.17, 15) is 5.11 Å². The van der Waals surface area contributed by atoms with Gasteiger partial charge < -0.3 is 14.9 Å². The highest BCUT2D eigenvalue weighted by atomic mass is 16.5. The maximum Gasteiger partial charge on any atom is 0.161 e. The first-order valence-electron chi connectivity index (χ1n) is 4.83. The van der Waals surface area contributed by atoms with Crippen molar-refractivity contribution >= 4 is 0 Å². The SMILES string of the molecule is CCCc1ccc(OCCO)c(O)c1. The molecule has 1 aromatic carbocycles. The van der Waals surface area contributed by atoms with E-state index in [2.05, 4.69) is 6.92 Å². The molecule has 0 amide bonds. The Morgan fingerprint density at radius 2 is 2.14 bits per heavy atom. The van der Waals surface area contributed by atoms with Gasteiger partial charge in [0, 0.05) is 0 Å². The monoisotopic (exact) mass is 196 g/mol. The number of aliphatic hydroxyl groups is 1. The number of aliphatic hydroxyl groups excluding tert-OH is 1. The van der Waals surface area contributed by atoms with E-state index in [0.717, 1.165) is 18.4 Å². The van der Waals surface area contributed by atoms with Crippen molar-refractivity contribution in [3.8, 4) is 11.5 Å². The van der Waals surface area contributed by atoms with Crippen LogP contribution < -0.4 is 4.74 Å². The molecule has 0 bridgehead atoms. The molecule has 0 atom stereocenters. The fourth-order valence-electron chi connectivity index (χ4n) is 1.28. The van der Waals surface area contributed by atoms with Gasteiger partial charge in [0.05, 0.1) is 6.61 Å². The summed E-state index contributed by atoms with van der Waals surface area (Å²) < 4.78 is 5.12. The van der Waals surface area contributed by atoms with E-state index in [1.54, 1.807) is 12.1 Å². The fraction of sp³-hybridized carbons (Fsp3) is 0.455. The molecule has 0 aliphatic rings. The molecule has 2 N–H and O–H groups in total. The average Bonchev–Trinajstić information content (AvgIpc) is 2.17. The van der Waals surface area contributed by atoms with Crippen LogP contribution >= 0.6 is 0 Å². The topological polar surface area (TPSA) is 49.7 Å². The van der Waals surface area contributed by atoms with Crippen LogP contribution in [-0.4, -0.2) is 23.4 Å². The van der Waals surface area contributed by atoms with E-state index < -0.39 is 0 Å². The Kier molecular flexibility index (Phi) is 4.26. The summed E-state index contributed by atoms with van der Waals surface area (Å²) in [6.45, 7) is 2.25. The molecule has 1 rings (SSSR count). The molecule has 0 fully saturated rings. The highest BCUT2D eigenvalue weighted by Crippen LogP contribution is 2.27. The number of hydrogen-bond donors (Lipinski definition) is 2. The minimum absolute atomic E-state index is 0.0455. The van der Waals surface area contributed by atoms with E-state index in [-0.39, 0.29) is 19.0 Å². The number of hydrogen-bond acceptors (Lipinski definition) is 3. The third-order valence-electron chi connectivity index (χ3n) is 1.91. The van der Waals surface area contributed by atoms with Crippen LogP contribution in [0.25, 0.3) is 0 Å². The zero-order valence-corrected chi connectivity index (χ0v) is 8.36. The smallest absolute Gasteiger partial charge is 0.161 e. The van der Waals surface area contributed by atoms with Crippen LogP contribution in [0.4, 0.5) is 0 Å². The first-order valence-corrected chi connectivity index (χ1v) is 4.83. The fourth-order valence-corrected chi connectivity index (χ4v) is 1.28. The third-order valence-corrected chi connectivity index (χ3v) is 1.91. The molecule has 78 valence electrons. The van der Waals surface area contributed by atoms with Crippen LogP contribution in [0, 0.1) is 0 Å². The van der Waals surface area contributed by atoms with Crippen molar-refractivity contribution in [2.24, 2.45) is 0 Å². The van der Waals surface area contributed by atoms with Crippen LogP contribution in [0.2, 0.25) is 0 Å². The molecule has 0 aromatic heterocycles. The zero-order valence-electron chi connectivity index (χ0n) is 8.36. The highest BCUT2D eigenvalue weighted by molar-refractivity contribution is 5.41. The lowest BCUT2D eigenvalue weighted by molar-refractivity contribution is 0.197. The van der Waals surface area contributed by atoms with Crippen molar-refractivity contribution in [1.29, 1.82) is 0 Å². The van der Waals surface area contributed by atoms with Gasteiger partial charge in [0.2, 0.25) is 0 Å². The number of benzene rings is 1. The Bertz CT molecular complexity index is 284. The molecule has 3 nitrogen and oxygen atoms in total. The van der Waals surface area contributed by atoms with Crippen LogP contribution in [0.5, 0.6) is 11.5 Å². The van der Waals surface area contributed by atoms with Gasteiger partial charge in [-0.15, -0.1) is 0 Å². The van der Waals surface area contributed by atoms with Gasteiger partial charge in [-0.1, -0.05) is 19.4 Å². The standard InChI is InChI=1S/C11H16O3/c1-2-3-9-4-5-11(10(13)8-9)14-7-6-12/h4-5,8,12-13H,2-3,6-7H2,1H3. The Labute approximate surface area is 84.0 Å². The van der Waals surface area contributed by atoms with Crippen molar-refractivity contribution in [3.63, 3.8) is 0 Å². The molecule has 0 spiro atoms. The van der Waals surface area contributed by atoms with Crippen molar-refractivity contribution in [1.82, 2.24) is 0 Å². The van der Waals surface area contributed by atoms with E-state index in [1.165, 1.54) is 0 Å². The molecular formula is C11H16O3. The predicted octanol–water partition coefficient (Wildman–Crippen LogP) is 1.72. The maximum atomic E-state index is 9.54. The second kappa shape index (κ2) is 5.50. The normalized spacial score (nSPS) is 10.1. The lowest BCUT2D eigenvalue weighted by Crippen LogP contribution is -2.01. The molecule has 0 radical (unpaired) electrons. The molecule has 3 heteroatoms. The molecular weight excluding hydrogens is 180 g/mol. The predicted molar refractivity (Wildman–Crippen MR) is 54.7 cm³/mol. The lowest BCUT2D eigenvalue weighted by Gasteiger charge is -2.07. The zero-order chi connectivity index (χ0) is 10.4. The Balaban J connectivity index is 2.68. The molecule has 0 aliphatic heterocycles. The Morgan fingerprint density at radius 3 is 2.71 bits per heavy atom. The van der Waals surface area contributed by atoms with Crippen LogP contribution in [0.15, 0.2) is 18.2 Å². The lowest BCUT2D eigenvalue weighted by atomic mass is 10.1. The summed E-state index contributed by atoms with van der Waals surface area (Å²) in [5.41, 5.74) is 1.10.